The lowest BCUT2D eigenvalue weighted by molar-refractivity contribution is 0.0697. The minimum absolute atomic E-state index is 0.250. The average Bonchev–Trinajstić information content (AvgIpc) is 2.70. The third-order valence-electron chi connectivity index (χ3n) is 2.36. The lowest BCUT2D eigenvalue weighted by Gasteiger charge is -2.07. The minimum Gasteiger partial charge on any atom is -0.487 e. The second-order valence-corrected chi connectivity index (χ2v) is 5.85. The number of aryl methyl sites for hydroxylation is 1. The molecule has 0 radical (unpaired) electrons. The van der Waals surface area contributed by atoms with Crippen LogP contribution in [0.3, 0.4) is 0 Å². The van der Waals surface area contributed by atoms with Crippen LogP contribution in [-0.2, 0) is 6.61 Å². The Labute approximate surface area is 117 Å². The van der Waals surface area contributed by atoms with Crippen molar-refractivity contribution in [2.75, 3.05) is 0 Å². The van der Waals surface area contributed by atoms with Gasteiger partial charge in [-0.1, -0.05) is 34.1 Å². The number of hydrogen-bond donors (Lipinski definition) is 1. The summed E-state index contributed by atoms with van der Waals surface area (Å²) in [7, 11) is 0. The Balaban J connectivity index is 2.16. The van der Waals surface area contributed by atoms with Crippen LogP contribution in [0.5, 0.6) is 5.75 Å². The molecule has 2 aromatic rings. The smallest absolute Gasteiger partial charge is 0.349 e. The molecule has 1 aromatic heterocycles. The van der Waals surface area contributed by atoms with Crippen LogP contribution < -0.4 is 4.74 Å². The summed E-state index contributed by atoms with van der Waals surface area (Å²) in [6.07, 6.45) is 0. The van der Waals surface area contributed by atoms with Crippen LogP contribution in [-0.4, -0.2) is 11.1 Å². The van der Waals surface area contributed by atoms with Gasteiger partial charge in [0.1, 0.15) is 12.4 Å². The molecule has 0 atom stereocenters. The molecule has 0 aliphatic heterocycles. The van der Waals surface area contributed by atoms with Crippen LogP contribution in [0.25, 0.3) is 0 Å². The molecule has 0 fully saturated rings. The van der Waals surface area contributed by atoms with E-state index in [0.29, 0.717) is 12.4 Å². The maximum absolute atomic E-state index is 11.0. The quantitative estimate of drug-likeness (QED) is 0.920. The van der Waals surface area contributed by atoms with Gasteiger partial charge in [0.15, 0.2) is 4.88 Å². The molecule has 1 aromatic carbocycles. The van der Waals surface area contributed by atoms with E-state index in [1.54, 1.807) is 6.07 Å². The first-order valence-electron chi connectivity index (χ1n) is 5.28. The van der Waals surface area contributed by atoms with Crippen molar-refractivity contribution >= 4 is 33.2 Å². The van der Waals surface area contributed by atoms with E-state index in [1.165, 1.54) is 11.3 Å². The normalized spacial score (nSPS) is 10.3. The highest BCUT2D eigenvalue weighted by Crippen LogP contribution is 2.30. The zero-order valence-corrected chi connectivity index (χ0v) is 12.0. The van der Waals surface area contributed by atoms with Gasteiger partial charge in [-0.3, -0.25) is 0 Å². The highest BCUT2D eigenvalue weighted by molar-refractivity contribution is 9.10. The third-order valence-corrected chi connectivity index (χ3v) is 4.15. The van der Waals surface area contributed by atoms with E-state index in [1.807, 2.05) is 31.2 Å². The average molecular weight is 327 g/mol. The molecule has 1 N–H and O–H groups in total. The minimum atomic E-state index is -0.949. The number of thiophene rings is 1. The fourth-order valence-electron chi connectivity index (χ4n) is 1.52. The molecule has 5 heteroatoms. The van der Waals surface area contributed by atoms with Gasteiger partial charge in [-0.2, -0.15) is 0 Å². The monoisotopic (exact) mass is 326 g/mol. The molecule has 0 aliphatic carbocycles. The molecular formula is C13H11BrO3S. The Morgan fingerprint density at radius 1 is 1.44 bits per heavy atom. The Bertz CT molecular complexity index is 577. The van der Waals surface area contributed by atoms with E-state index in [0.717, 1.165) is 14.9 Å². The van der Waals surface area contributed by atoms with Gasteiger partial charge in [-0.25, -0.2) is 4.79 Å². The topological polar surface area (TPSA) is 46.5 Å². The number of aromatic carboxylic acids is 1. The van der Waals surface area contributed by atoms with Gasteiger partial charge in [0, 0.05) is 14.9 Å². The molecule has 0 unspecified atom stereocenters. The van der Waals surface area contributed by atoms with Gasteiger partial charge in [0.25, 0.3) is 0 Å². The second kappa shape index (κ2) is 5.54. The van der Waals surface area contributed by atoms with Crippen LogP contribution in [0.15, 0.2) is 34.8 Å². The van der Waals surface area contributed by atoms with Crippen LogP contribution in [0, 0.1) is 6.92 Å². The fraction of sp³-hybridized carbons (Fsp3) is 0.154. The van der Waals surface area contributed by atoms with Crippen molar-refractivity contribution in [1.82, 2.24) is 0 Å². The summed E-state index contributed by atoms with van der Waals surface area (Å²) in [4.78, 5) is 12.2. The summed E-state index contributed by atoms with van der Waals surface area (Å²) in [5, 5.41) is 9.05. The van der Waals surface area contributed by atoms with Crippen molar-refractivity contribution in [3.05, 3.63) is 50.1 Å². The molecule has 18 heavy (non-hydrogen) atoms. The number of carboxylic acid groups (broad SMARTS) is 1. The van der Waals surface area contributed by atoms with Crippen LogP contribution in [0.1, 0.15) is 20.1 Å². The third kappa shape index (κ3) is 2.91. The van der Waals surface area contributed by atoms with Gasteiger partial charge in [0.05, 0.1) is 0 Å². The van der Waals surface area contributed by atoms with Crippen molar-refractivity contribution in [3.63, 3.8) is 0 Å². The zero-order valence-electron chi connectivity index (χ0n) is 9.64. The largest absolute Gasteiger partial charge is 0.487 e. The van der Waals surface area contributed by atoms with Crippen LogP contribution in [0.2, 0.25) is 0 Å². The summed E-state index contributed by atoms with van der Waals surface area (Å²) in [6, 6.07) is 9.45. The van der Waals surface area contributed by atoms with Gasteiger partial charge < -0.3 is 9.84 Å². The zero-order chi connectivity index (χ0) is 13.1. The summed E-state index contributed by atoms with van der Waals surface area (Å²) < 4.78 is 6.54. The maximum atomic E-state index is 11.0. The molecule has 3 nitrogen and oxygen atoms in total. The first kappa shape index (κ1) is 13.1. The molecular weight excluding hydrogens is 316 g/mol. The standard InChI is InChI=1S/C13H11BrO3S/c1-8-6-11(12(18-8)13(15)16)17-7-9-4-2-3-5-10(9)14/h2-6H,7H2,1H3,(H,15,16). The van der Waals surface area contributed by atoms with E-state index in [9.17, 15) is 4.79 Å². The Hall–Kier alpha value is -1.33. The Morgan fingerprint density at radius 3 is 2.83 bits per heavy atom. The molecule has 0 aliphatic rings. The van der Waals surface area contributed by atoms with Gasteiger partial charge in [0.2, 0.25) is 0 Å². The lowest BCUT2D eigenvalue weighted by Crippen LogP contribution is -2.00. The molecule has 0 saturated carbocycles. The number of benzene rings is 1. The van der Waals surface area contributed by atoms with E-state index < -0.39 is 5.97 Å². The summed E-state index contributed by atoms with van der Waals surface area (Å²) in [6.45, 7) is 2.21. The molecule has 0 spiro atoms. The molecule has 94 valence electrons. The van der Waals surface area contributed by atoms with Crippen molar-refractivity contribution in [2.24, 2.45) is 0 Å². The summed E-state index contributed by atoms with van der Waals surface area (Å²) >= 11 is 4.65. The molecule has 1 heterocycles. The highest BCUT2D eigenvalue weighted by Gasteiger charge is 2.15. The number of carboxylic acids is 1. The first-order chi connectivity index (χ1) is 8.58. The van der Waals surface area contributed by atoms with E-state index >= 15 is 0 Å². The van der Waals surface area contributed by atoms with Crippen LogP contribution in [0.4, 0.5) is 0 Å². The molecule has 2 rings (SSSR count). The summed E-state index contributed by atoms with van der Waals surface area (Å²) in [5.41, 5.74) is 0.984. The van der Waals surface area contributed by atoms with Gasteiger partial charge in [-0.05, 0) is 19.1 Å². The fourth-order valence-corrected chi connectivity index (χ4v) is 2.71. The molecule has 0 bridgehead atoms. The predicted molar refractivity (Wildman–Crippen MR) is 74.5 cm³/mol. The van der Waals surface area contributed by atoms with Crippen molar-refractivity contribution in [1.29, 1.82) is 0 Å². The van der Waals surface area contributed by atoms with Gasteiger partial charge in [-0.15, -0.1) is 11.3 Å². The number of carbonyl (C=O) groups is 1. The van der Waals surface area contributed by atoms with E-state index in [-0.39, 0.29) is 4.88 Å². The lowest BCUT2D eigenvalue weighted by atomic mass is 10.2. The number of hydrogen-bond acceptors (Lipinski definition) is 3. The predicted octanol–water partition coefficient (Wildman–Crippen LogP) is 4.10. The maximum Gasteiger partial charge on any atom is 0.349 e. The Kier molecular flexibility index (Phi) is 4.04. The first-order valence-corrected chi connectivity index (χ1v) is 6.89. The highest BCUT2D eigenvalue weighted by atomic mass is 79.9. The van der Waals surface area contributed by atoms with Crippen molar-refractivity contribution < 1.29 is 14.6 Å². The van der Waals surface area contributed by atoms with E-state index in [4.69, 9.17) is 9.84 Å². The molecule has 0 amide bonds. The van der Waals surface area contributed by atoms with Crippen LogP contribution >= 0.6 is 27.3 Å². The van der Waals surface area contributed by atoms with Crippen molar-refractivity contribution in [2.45, 2.75) is 13.5 Å². The summed E-state index contributed by atoms with van der Waals surface area (Å²) in [5.74, 6) is -0.518. The van der Waals surface area contributed by atoms with Crippen molar-refractivity contribution in [3.8, 4) is 5.75 Å². The number of halogens is 1. The molecule has 0 saturated heterocycles. The Morgan fingerprint density at radius 2 is 2.17 bits per heavy atom. The van der Waals surface area contributed by atoms with Gasteiger partial charge >= 0.3 is 5.97 Å². The number of ether oxygens (including phenoxy) is 1. The number of rotatable bonds is 4. The SMILES string of the molecule is Cc1cc(OCc2ccccc2Br)c(C(=O)O)s1. The van der Waals surface area contributed by atoms with E-state index in [2.05, 4.69) is 15.9 Å². The second-order valence-electron chi connectivity index (χ2n) is 3.74.